The molecule has 1 amide bonds. The Kier molecular flexibility index (Phi) is 7.86. The van der Waals surface area contributed by atoms with Gasteiger partial charge in [-0.2, -0.15) is 0 Å². The highest BCUT2D eigenvalue weighted by atomic mass is 16.5. The Bertz CT molecular complexity index is 1250. The van der Waals surface area contributed by atoms with Gasteiger partial charge in [-0.15, -0.1) is 0 Å². The number of carbonyl (C=O) groups is 2. The van der Waals surface area contributed by atoms with E-state index in [9.17, 15) is 14.7 Å². The second-order valence-corrected chi connectivity index (χ2v) is 9.30. The largest absolute Gasteiger partial charge is 0.507 e. The fourth-order valence-corrected chi connectivity index (χ4v) is 4.45. The fourth-order valence-electron chi connectivity index (χ4n) is 4.45. The number of rotatable bonds is 9. The van der Waals surface area contributed by atoms with Gasteiger partial charge in [-0.25, -0.2) is 0 Å². The number of ketones is 1. The van der Waals surface area contributed by atoms with E-state index in [4.69, 9.17) is 4.74 Å². The van der Waals surface area contributed by atoms with Gasteiger partial charge in [0.25, 0.3) is 11.7 Å². The molecule has 3 aromatic rings. The minimum Gasteiger partial charge on any atom is -0.507 e. The lowest BCUT2D eigenvalue weighted by Gasteiger charge is -2.26. The van der Waals surface area contributed by atoms with Crippen LogP contribution in [0.4, 0.5) is 0 Å². The summed E-state index contributed by atoms with van der Waals surface area (Å²) < 4.78 is 5.91. The summed E-state index contributed by atoms with van der Waals surface area (Å²) in [5, 5.41) is 11.2. The van der Waals surface area contributed by atoms with Crippen LogP contribution in [0.3, 0.4) is 0 Å². The summed E-state index contributed by atoms with van der Waals surface area (Å²) in [6.07, 6.45) is 0.719. The number of likely N-dealkylation sites (tertiary alicyclic amines) is 1. The number of hydrogen-bond acceptors (Lipinski definition) is 5. The molecule has 1 atom stereocenters. The van der Waals surface area contributed by atoms with Crippen molar-refractivity contribution >= 4 is 17.4 Å². The number of ether oxygens (including phenoxy) is 1. The summed E-state index contributed by atoms with van der Waals surface area (Å²) in [5.74, 6) is -0.769. The summed E-state index contributed by atoms with van der Waals surface area (Å²) in [4.78, 5) is 29.7. The summed E-state index contributed by atoms with van der Waals surface area (Å²) in [6.45, 7) is 3.68. The second kappa shape index (κ2) is 11.2. The average molecular weight is 485 g/mol. The maximum Gasteiger partial charge on any atom is 0.295 e. The van der Waals surface area contributed by atoms with Crippen molar-refractivity contribution in [3.8, 4) is 5.75 Å². The van der Waals surface area contributed by atoms with Crippen molar-refractivity contribution in [2.45, 2.75) is 26.0 Å². The van der Waals surface area contributed by atoms with Gasteiger partial charge in [-0.1, -0.05) is 54.6 Å². The van der Waals surface area contributed by atoms with Crippen LogP contribution in [0.15, 0.2) is 84.4 Å². The first-order valence-electron chi connectivity index (χ1n) is 12.1. The molecule has 1 fully saturated rings. The first-order valence-corrected chi connectivity index (χ1v) is 12.1. The molecule has 0 aromatic heterocycles. The first kappa shape index (κ1) is 25.2. The molecule has 1 unspecified atom stereocenters. The van der Waals surface area contributed by atoms with Crippen molar-refractivity contribution in [1.29, 1.82) is 0 Å². The van der Waals surface area contributed by atoms with Gasteiger partial charge in [0, 0.05) is 12.1 Å². The van der Waals surface area contributed by atoms with Gasteiger partial charge in [0.1, 0.15) is 18.1 Å². The van der Waals surface area contributed by atoms with E-state index in [0.29, 0.717) is 24.5 Å². The molecule has 1 aliphatic heterocycles. The van der Waals surface area contributed by atoms with Crippen molar-refractivity contribution < 1.29 is 19.4 Å². The van der Waals surface area contributed by atoms with Crippen LogP contribution in [-0.4, -0.2) is 53.8 Å². The van der Waals surface area contributed by atoms with E-state index >= 15 is 0 Å². The topological polar surface area (TPSA) is 70.1 Å². The molecular weight excluding hydrogens is 452 g/mol. The molecule has 0 spiro atoms. The van der Waals surface area contributed by atoms with Crippen molar-refractivity contribution in [3.63, 3.8) is 0 Å². The van der Waals surface area contributed by atoms with Crippen LogP contribution < -0.4 is 4.74 Å². The Morgan fingerprint density at radius 2 is 1.61 bits per heavy atom. The number of hydrogen-bond donors (Lipinski definition) is 1. The Hall–Kier alpha value is -3.90. The quantitative estimate of drug-likeness (QED) is 0.264. The Labute approximate surface area is 212 Å². The first-order chi connectivity index (χ1) is 17.4. The molecule has 1 aliphatic rings. The van der Waals surface area contributed by atoms with Gasteiger partial charge in [-0.3, -0.25) is 9.59 Å². The van der Waals surface area contributed by atoms with E-state index in [0.717, 1.165) is 29.7 Å². The maximum absolute atomic E-state index is 13.1. The maximum atomic E-state index is 13.1. The molecule has 0 radical (unpaired) electrons. The lowest BCUT2D eigenvalue weighted by molar-refractivity contribution is -0.139. The molecule has 0 aliphatic carbocycles. The van der Waals surface area contributed by atoms with Gasteiger partial charge < -0.3 is 19.6 Å². The van der Waals surface area contributed by atoms with Crippen LogP contribution >= 0.6 is 0 Å². The van der Waals surface area contributed by atoms with E-state index in [1.807, 2.05) is 80.5 Å². The fraction of sp³-hybridized carbons (Fsp3) is 0.267. The zero-order valence-corrected chi connectivity index (χ0v) is 21.0. The minimum atomic E-state index is -0.661. The number of aliphatic hydroxyl groups excluding tert-OH is 1. The third kappa shape index (κ3) is 5.50. The number of aliphatic hydroxyl groups is 1. The zero-order valence-electron chi connectivity index (χ0n) is 21.0. The molecule has 186 valence electrons. The predicted octanol–water partition coefficient (Wildman–Crippen LogP) is 4.95. The molecule has 1 N–H and O–H groups in total. The van der Waals surface area contributed by atoms with E-state index in [1.54, 1.807) is 29.2 Å². The SMILES string of the molecule is Cc1ccccc1COc1ccc(/C(O)=C2\C(=O)C(=O)N(CCCN(C)C)C2c2ccccc2)cc1. The molecule has 6 heteroatoms. The Morgan fingerprint density at radius 3 is 2.28 bits per heavy atom. The van der Waals surface area contributed by atoms with Crippen LogP contribution in [0.1, 0.15) is 34.7 Å². The molecule has 0 saturated carbocycles. The lowest BCUT2D eigenvalue weighted by atomic mass is 9.95. The van der Waals surface area contributed by atoms with Crippen molar-refractivity contribution in [2.24, 2.45) is 0 Å². The number of amides is 1. The van der Waals surface area contributed by atoms with Crippen molar-refractivity contribution in [2.75, 3.05) is 27.2 Å². The minimum absolute atomic E-state index is 0.115. The zero-order chi connectivity index (χ0) is 25.7. The van der Waals surface area contributed by atoms with E-state index in [-0.39, 0.29) is 11.3 Å². The Balaban J connectivity index is 1.61. The molecular formula is C30H32N2O4. The number of benzene rings is 3. The number of Topliss-reactive ketones (excluding diaryl/α,β-unsaturated/α-hetero) is 1. The molecule has 6 nitrogen and oxygen atoms in total. The summed E-state index contributed by atoms with van der Waals surface area (Å²) in [6, 6.07) is 23.7. The molecule has 0 bridgehead atoms. The molecule has 1 saturated heterocycles. The second-order valence-electron chi connectivity index (χ2n) is 9.30. The van der Waals surface area contributed by atoms with Crippen LogP contribution in [0.5, 0.6) is 5.75 Å². The van der Waals surface area contributed by atoms with Crippen LogP contribution in [-0.2, 0) is 16.2 Å². The van der Waals surface area contributed by atoms with E-state index in [2.05, 4.69) is 0 Å². The number of nitrogens with zero attached hydrogens (tertiary/aromatic N) is 2. The van der Waals surface area contributed by atoms with Gasteiger partial charge in [0.05, 0.1) is 11.6 Å². The van der Waals surface area contributed by atoms with E-state index in [1.165, 1.54) is 0 Å². The van der Waals surface area contributed by atoms with E-state index < -0.39 is 17.7 Å². The third-order valence-electron chi connectivity index (χ3n) is 6.44. The average Bonchev–Trinajstić information content (AvgIpc) is 3.13. The number of aryl methyl sites for hydroxylation is 1. The summed E-state index contributed by atoms with van der Waals surface area (Å²) in [5.41, 5.74) is 3.63. The van der Waals surface area contributed by atoms with Gasteiger partial charge in [-0.05, 0) is 74.9 Å². The van der Waals surface area contributed by atoms with Crippen LogP contribution in [0.2, 0.25) is 0 Å². The van der Waals surface area contributed by atoms with Crippen LogP contribution in [0.25, 0.3) is 5.76 Å². The third-order valence-corrected chi connectivity index (χ3v) is 6.44. The van der Waals surface area contributed by atoms with Gasteiger partial charge in [0.2, 0.25) is 0 Å². The molecule has 3 aromatic carbocycles. The Morgan fingerprint density at radius 1 is 0.944 bits per heavy atom. The predicted molar refractivity (Wildman–Crippen MR) is 141 cm³/mol. The highest BCUT2D eigenvalue weighted by Crippen LogP contribution is 2.39. The van der Waals surface area contributed by atoms with Crippen molar-refractivity contribution in [3.05, 3.63) is 107 Å². The standard InChI is InChI=1S/C30H32N2O4/c1-21-10-7-8-13-24(21)20-36-25-16-14-23(15-17-25)28(33)26-27(22-11-5-4-6-12-22)32(30(35)29(26)34)19-9-18-31(2)3/h4-8,10-17,27,33H,9,18-20H2,1-3H3/b28-26+. The molecule has 36 heavy (non-hydrogen) atoms. The number of carbonyl (C=O) groups excluding carboxylic acids is 2. The molecule has 4 rings (SSSR count). The smallest absolute Gasteiger partial charge is 0.295 e. The monoisotopic (exact) mass is 484 g/mol. The van der Waals surface area contributed by atoms with Crippen molar-refractivity contribution in [1.82, 2.24) is 9.80 Å². The normalized spacial score (nSPS) is 17.1. The van der Waals surface area contributed by atoms with Gasteiger partial charge >= 0.3 is 0 Å². The van der Waals surface area contributed by atoms with Gasteiger partial charge in [0.15, 0.2) is 0 Å². The highest BCUT2D eigenvalue weighted by Gasteiger charge is 2.45. The molecule has 1 heterocycles. The lowest BCUT2D eigenvalue weighted by Crippen LogP contribution is -2.32. The van der Waals surface area contributed by atoms with Crippen LogP contribution in [0, 0.1) is 6.92 Å². The summed E-state index contributed by atoms with van der Waals surface area (Å²) in [7, 11) is 3.94. The summed E-state index contributed by atoms with van der Waals surface area (Å²) >= 11 is 0. The highest BCUT2D eigenvalue weighted by molar-refractivity contribution is 6.46.